The summed E-state index contributed by atoms with van der Waals surface area (Å²) in [7, 11) is 0. The van der Waals surface area contributed by atoms with Crippen LogP contribution in [0.1, 0.15) is 29.3 Å². The minimum absolute atomic E-state index is 0.0103. The molecule has 1 saturated heterocycles. The molecule has 1 fully saturated rings. The number of piperidine rings is 1. The molecule has 3 heterocycles. The summed E-state index contributed by atoms with van der Waals surface area (Å²) < 4.78 is 13.5. The average Bonchev–Trinajstić information content (AvgIpc) is 3.11. The number of nitrogens with zero attached hydrogens (tertiary/aromatic N) is 4. The number of fused-ring (bicyclic) bond motifs is 3. The van der Waals surface area contributed by atoms with E-state index in [2.05, 4.69) is 17.2 Å². The highest BCUT2D eigenvalue weighted by Crippen LogP contribution is 2.30. The second-order valence-electron chi connectivity index (χ2n) is 6.75. The zero-order valence-corrected chi connectivity index (χ0v) is 14.5. The number of hydrogen-bond acceptors (Lipinski definition) is 5. The number of carbonyl (C=O) groups is 1. The van der Waals surface area contributed by atoms with Crippen molar-refractivity contribution in [2.24, 2.45) is 0 Å². The highest BCUT2D eigenvalue weighted by Gasteiger charge is 2.37. The molecule has 0 unspecified atom stereocenters. The fourth-order valence-corrected chi connectivity index (χ4v) is 3.45. The molecular formula is C18H22N4O3. The highest BCUT2D eigenvalue weighted by molar-refractivity contribution is 5.78. The first-order chi connectivity index (χ1) is 12.1. The van der Waals surface area contributed by atoms with Gasteiger partial charge < -0.3 is 14.4 Å². The van der Waals surface area contributed by atoms with Gasteiger partial charge in [-0.2, -0.15) is 0 Å². The maximum Gasteiger partial charge on any atom is 0.260 e. The molecule has 0 spiro atoms. The third kappa shape index (κ3) is 3.11. The van der Waals surface area contributed by atoms with Crippen LogP contribution in [-0.4, -0.2) is 51.6 Å². The summed E-state index contributed by atoms with van der Waals surface area (Å²) in [6.45, 7) is 5.94. The lowest BCUT2D eigenvalue weighted by atomic mass is 10.0. The number of ether oxygens (including phenoxy) is 2. The molecule has 7 heteroatoms. The predicted octanol–water partition coefficient (Wildman–Crippen LogP) is 1.65. The molecule has 1 aromatic carbocycles. The Morgan fingerprint density at radius 2 is 2.24 bits per heavy atom. The van der Waals surface area contributed by atoms with Crippen molar-refractivity contribution in [3.05, 3.63) is 41.2 Å². The topological polar surface area (TPSA) is 69.5 Å². The second-order valence-corrected chi connectivity index (χ2v) is 6.75. The number of aromatic nitrogens is 3. The molecule has 0 bridgehead atoms. The summed E-state index contributed by atoms with van der Waals surface area (Å²) in [6.07, 6.45) is 2.62. The lowest BCUT2D eigenvalue weighted by molar-refractivity contribution is -0.140. The van der Waals surface area contributed by atoms with Crippen molar-refractivity contribution in [2.45, 2.75) is 39.0 Å². The Morgan fingerprint density at radius 3 is 3.08 bits per heavy atom. The number of rotatable bonds is 3. The van der Waals surface area contributed by atoms with Crippen LogP contribution in [0.2, 0.25) is 0 Å². The van der Waals surface area contributed by atoms with E-state index in [1.54, 1.807) is 6.20 Å². The Hall–Kier alpha value is -2.41. The number of likely N-dealkylation sites (tertiary alicyclic amines) is 1. The molecule has 4 rings (SSSR count). The van der Waals surface area contributed by atoms with Crippen molar-refractivity contribution >= 4 is 5.91 Å². The van der Waals surface area contributed by atoms with Crippen LogP contribution in [-0.2, 0) is 16.1 Å². The van der Waals surface area contributed by atoms with Gasteiger partial charge in [0.2, 0.25) is 0 Å². The van der Waals surface area contributed by atoms with Gasteiger partial charge in [0.1, 0.15) is 5.75 Å². The predicted molar refractivity (Wildman–Crippen MR) is 90.2 cm³/mol. The Labute approximate surface area is 146 Å². The van der Waals surface area contributed by atoms with Crippen molar-refractivity contribution in [3.8, 4) is 5.75 Å². The van der Waals surface area contributed by atoms with Crippen LogP contribution in [0.25, 0.3) is 0 Å². The standard InChI is InChI=1S/C18H22N4O3/c1-12-3-4-15(7-13(12)2)24-11-18(23)21-6-5-17-16(9-21)22-14(10-25-17)8-19-20-22/h3-4,7-8,16-17H,5-6,9-11H2,1-2H3/t16-,17-/m1/s1. The smallest absolute Gasteiger partial charge is 0.260 e. The van der Waals surface area contributed by atoms with E-state index < -0.39 is 0 Å². The lowest BCUT2D eigenvalue weighted by Crippen LogP contribution is -2.50. The Morgan fingerprint density at radius 1 is 1.36 bits per heavy atom. The van der Waals surface area contributed by atoms with Crippen LogP contribution in [0, 0.1) is 13.8 Å². The maximum atomic E-state index is 12.6. The van der Waals surface area contributed by atoms with Gasteiger partial charge in [-0.3, -0.25) is 4.79 Å². The van der Waals surface area contributed by atoms with Gasteiger partial charge in [0, 0.05) is 13.1 Å². The molecule has 0 N–H and O–H groups in total. The van der Waals surface area contributed by atoms with E-state index in [-0.39, 0.29) is 24.7 Å². The van der Waals surface area contributed by atoms with Gasteiger partial charge in [-0.15, -0.1) is 5.10 Å². The van der Waals surface area contributed by atoms with Gasteiger partial charge in [-0.1, -0.05) is 11.3 Å². The fraction of sp³-hybridized carbons (Fsp3) is 0.500. The number of benzene rings is 1. The summed E-state index contributed by atoms with van der Waals surface area (Å²) in [4.78, 5) is 14.4. The number of carbonyl (C=O) groups excluding carboxylic acids is 1. The molecule has 0 aliphatic carbocycles. The van der Waals surface area contributed by atoms with E-state index in [0.717, 1.165) is 23.4 Å². The van der Waals surface area contributed by atoms with Gasteiger partial charge in [0.25, 0.3) is 5.91 Å². The summed E-state index contributed by atoms with van der Waals surface area (Å²) in [5, 5.41) is 8.12. The normalized spacial score (nSPS) is 22.2. The molecule has 25 heavy (non-hydrogen) atoms. The first-order valence-corrected chi connectivity index (χ1v) is 8.60. The summed E-state index contributed by atoms with van der Waals surface area (Å²) in [5.74, 6) is 0.717. The van der Waals surface area contributed by atoms with Crippen molar-refractivity contribution < 1.29 is 14.3 Å². The molecule has 2 aliphatic rings. The van der Waals surface area contributed by atoms with Crippen LogP contribution in [0.4, 0.5) is 0 Å². The Bertz CT molecular complexity index is 788. The van der Waals surface area contributed by atoms with Crippen LogP contribution in [0.3, 0.4) is 0 Å². The van der Waals surface area contributed by atoms with Gasteiger partial charge in [0.05, 0.1) is 30.6 Å². The van der Waals surface area contributed by atoms with E-state index >= 15 is 0 Å². The quantitative estimate of drug-likeness (QED) is 0.848. The lowest BCUT2D eigenvalue weighted by Gasteiger charge is -2.40. The van der Waals surface area contributed by atoms with Crippen LogP contribution in [0.5, 0.6) is 5.75 Å². The van der Waals surface area contributed by atoms with Gasteiger partial charge in [-0.05, 0) is 43.5 Å². The van der Waals surface area contributed by atoms with E-state index in [0.29, 0.717) is 19.7 Å². The third-order valence-electron chi connectivity index (χ3n) is 5.12. The van der Waals surface area contributed by atoms with E-state index in [1.165, 1.54) is 5.56 Å². The molecule has 1 amide bonds. The van der Waals surface area contributed by atoms with Crippen LogP contribution in [0.15, 0.2) is 24.4 Å². The minimum Gasteiger partial charge on any atom is -0.484 e. The van der Waals surface area contributed by atoms with E-state index in [4.69, 9.17) is 9.47 Å². The SMILES string of the molecule is Cc1ccc(OCC(=O)N2CC[C@H]3OCc4cnnn4[C@@H]3C2)cc1C. The second kappa shape index (κ2) is 6.48. The molecule has 0 saturated carbocycles. The van der Waals surface area contributed by atoms with Gasteiger partial charge in [0.15, 0.2) is 6.61 Å². The molecule has 2 aliphatic heterocycles. The average molecular weight is 342 g/mol. The monoisotopic (exact) mass is 342 g/mol. The molecular weight excluding hydrogens is 320 g/mol. The van der Waals surface area contributed by atoms with Gasteiger partial charge in [-0.25, -0.2) is 4.68 Å². The Balaban J connectivity index is 1.39. The molecule has 132 valence electrons. The molecule has 1 aromatic heterocycles. The van der Waals surface area contributed by atoms with Crippen molar-refractivity contribution in [2.75, 3.05) is 19.7 Å². The first kappa shape index (κ1) is 16.1. The number of amides is 1. The fourth-order valence-electron chi connectivity index (χ4n) is 3.45. The molecule has 2 atom stereocenters. The zero-order valence-electron chi connectivity index (χ0n) is 14.5. The van der Waals surface area contributed by atoms with Crippen molar-refractivity contribution in [1.82, 2.24) is 19.9 Å². The van der Waals surface area contributed by atoms with Crippen molar-refractivity contribution in [3.63, 3.8) is 0 Å². The van der Waals surface area contributed by atoms with E-state index in [9.17, 15) is 4.79 Å². The third-order valence-corrected chi connectivity index (χ3v) is 5.12. The Kier molecular flexibility index (Phi) is 4.17. The molecule has 0 radical (unpaired) electrons. The molecule has 7 nitrogen and oxygen atoms in total. The largest absolute Gasteiger partial charge is 0.484 e. The van der Waals surface area contributed by atoms with E-state index in [1.807, 2.05) is 34.7 Å². The summed E-state index contributed by atoms with van der Waals surface area (Å²) >= 11 is 0. The van der Waals surface area contributed by atoms with Crippen LogP contribution < -0.4 is 4.74 Å². The maximum absolute atomic E-state index is 12.6. The highest BCUT2D eigenvalue weighted by atomic mass is 16.5. The first-order valence-electron chi connectivity index (χ1n) is 8.60. The summed E-state index contributed by atoms with van der Waals surface area (Å²) in [5.41, 5.74) is 3.33. The van der Waals surface area contributed by atoms with Crippen molar-refractivity contribution in [1.29, 1.82) is 0 Å². The zero-order chi connectivity index (χ0) is 17.4. The van der Waals surface area contributed by atoms with Gasteiger partial charge >= 0.3 is 0 Å². The summed E-state index contributed by atoms with van der Waals surface area (Å²) in [6, 6.07) is 5.90. The minimum atomic E-state index is -0.0103. The molecule has 2 aromatic rings. The number of aryl methyl sites for hydroxylation is 2. The number of hydrogen-bond donors (Lipinski definition) is 0. The van der Waals surface area contributed by atoms with Crippen LogP contribution >= 0.6 is 0 Å².